The van der Waals surface area contributed by atoms with Crippen molar-refractivity contribution in [3.05, 3.63) is 64.2 Å². The van der Waals surface area contributed by atoms with Crippen LogP contribution in [0.15, 0.2) is 36.4 Å². The molecule has 1 aromatic carbocycles. The van der Waals surface area contributed by atoms with Gasteiger partial charge in [-0.25, -0.2) is 4.98 Å². The third-order valence-corrected chi connectivity index (χ3v) is 5.78. The smallest absolute Gasteiger partial charge is 0.208 e. The molecule has 134 valence electrons. The predicted octanol–water partition coefficient (Wildman–Crippen LogP) is 6.73. The zero-order chi connectivity index (χ0) is 17.6. The van der Waals surface area contributed by atoms with E-state index in [-0.39, 0.29) is 5.15 Å². The Balaban J connectivity index is 1.54. The van der Waals surface area contributed by atoms with E-state index in [9.17, 15) is 4.39 Å². The summed E-state index contributed by atoms with van der Waals surface area (Å²) in [5.41, 5.74) is 3.35. The molecule has 0 amide bonds. The number of pyridine rings is 1. The van der Waals surface area contributed by atoms with E-state index in [0.717, 1.165) is 18.3 Å². The molecule has 3 rings (SSSR count). The normalized spacial score (nSPS) is 20.6. The highest BCUT2D eigenvalue weighted by Crippen LogP contribution is 2.37. The maximum atomic E-state index is 13.8. The van der Waals surface area contributed by atoms with Gasteiger partial charge in [-0.3, -0.25) is 0 Å². The minimum Gasteiger partial charge on any atom is -0.208 e. The Kier molecular flexibility index (Phi) is 6.47. The molecule has 1 saturated carbocycles. The monoisotopic (exact) mass is 359 g/mol. The van der Waals surface area contributed by atoms with E-state index >= 15 is 0 Å². The highest BCUT2D eigenvalue weighted by Gasteiger charge is 2.21. The first-order valence-corrected chi connectivity index (χ1v) is 9.93. The van der Waals surface area contributed by atoms with Gasteiger partial charge >= 0.3 is 0 Å². The second kappa shape index (κ2) is 8.80. The quantitative estimate of drug-likeness (QED) is 0.521. The van der Waals surface area contributed by atoms with Crippen LogP contribution in [0.3, 0.4) is 0 Å². The fourth-order valence-electron chi connectivity index (χ4n) is 4.06. The molecule has 1 nitrogen and oxygen atoms in total. The van der Waals surface area contributed by atoms with Gasteiger partial charge in [0, 0.05) is 5.56 Å². The van der Waals surface area contributed by atoms with Gasteiger partial charge in [-0.2, -0.15) is 4.39 Å². The summed E-state index contributed by atoms with van der Waals surface area (Å²) in [4.78, 5) is 3.68. The van der Waals surface area contributed by atoms with Gasteiger partial charge in [0.05, 0.1) is 0 Å². The molecule has 0 unspecified atom stereocenters. The highest BCUT2D eigenvalue weighted by atomic mass is 35.5. The van der Waals surface area contributed by atoms with Gasteiger partial charge < -0.3 is 0 Å². The summed E-state index contributed by atoms with van der Waals surface area (Å²) in [5, 5.41) is 0.208. The van der Waals surface area contributed by atoms with Crippen LogP contribution in [0.4, 0.5) is 4.39 Å². The van der Waals surface area contributed by atoms with Crippen molar-refractivity contribution in [2.75, 3.05) is 0 Å². The maximum Gasteiger partial charge on any atom is 0.217 e. The van der Waals surface area contributed by atoms with Crippen molar-refractivity contribution in [1.29, 1.82) is 0 Å². The first kappa shape index (κ1) is 18.4. The molecule has 1 aromatic heterocycles. The van der Waals surface area contributed by atoms with E-state index in [1.54, 1.807) is 12.1 Å². The Morgan fingerprint density at radius 1 is 1.00 bits per heavy atom. The van der Waals surface area contributed by atoms with Crippen LogP contribution in [0.5, 0.6) is 0 Å². The summed E-state index contributed by atoms with van der Waals surface area (Å²) < 4.78 is 13.8. The molecule has 0 aliphatic heterocycles. The second-order valence-corrected chi connectivity index (χ2v) is 7.72. The average molecular weight is 360 g/mol. The summed E-state index contributed by atoms with van der Waals surface area (Å²) in [6.45, 7) is 2.29. The van der Waals surface area contributed by atoms with Gasteiger partial charge in [0.15, 0.2) is 0 Å². The second-order valence-electron chi connectivity index (χ2n) is 7.33. The average Bonchev–Trinajstić information content (AvgIpc) is 2.62. The molecule has 3 heteroatoms. The molecule has 0 spiro atoms. The van der Waals surface area contributed by atoms with Crippen molar-refractivity contribution < 1.29 is 4.39 Å². The van der Waals surface area contributed by atoms with Crippen molar-refractivity contribution in [3.63, 3.8) is 0 Å². The van der Waals surface area contributed by atoms with E-state index in [4.69, 9.17) is 11.6 Å². The Morgan fingerprint density at radius 3 is 2.36 bits per heavy atom. The van der Waals surface area contributed by atoms with Crippen LogP contribution in [-0.2, 0) is 12.8 Å². The molecule has 0 atom stereocenters. The van der Waals surface area contributed by atoms with Crippen molar-refractivity contribution in [1.82, 2.24) is 4.98 Å². The van der Waals surface area contributed by atoms with Gasteiger partial charge in [-0.05, 0) is 67.6 Å². The topological polar surface area (TPSA) is 12.9 Å². The molecule has 0 radical (unpaired) electrons. The molecule has 1 aliphatic carbocycles. The van der Waals surface area contributed by atoms with Gasteiger partial charge in [0.25, 0.3) is 0 Å². The van der Waals surface area contributed by atoms with E-state index in [0.29, 0.717) is 12.0 Å². The lowest BCUT2D eigenvalue weighted by Gasteiger charge is -2.28. The third kappa shape index (κ3) is 5.04. The van der Waals surface area contributed by atoms with Crippen molar-refractivity contribution in [2.45, 2.75) is 64.2 Å². The Labute approximate surface area is 155 Å². The highest BCUT2D eigenvalue weighted by molar-refractivity contribution is 6.29. The molecule has 1 heterocycles. The molecule has 25 heavy (non-hydrogen) atoms. The number of hydrogen-bond acceptors (Lipinski definition) is 1. The molecule has 2 aromatic rings. The molecule has 0 bridgehead atoms. The summed E-state index contributed by atoms with van der Waals surface area (Å²) in [6, 6.07) is 12.3. The molecule has 1 fully saturated rings. The Bertz CT molecular complexity index is 675. The van der Waals surface area contributed by atoms with Crippen LogP contribution >= 0.6 is 11.6 Å². The van der Waals surface area contributed by atoms with Gasteiger partial charge in [-0.1, -0.05) is 61.7 Å². The number of halogens is 2. The van der Waals surface area contributed by atoms with Crippen molar-refractivity contribution >= 4 is 11.6 Å². The van der Waals surface area contributed by atoms with Crippen molar-refractivity contribution in [2.24, 2.45) is 5.92 Å². The zero-order valence-corrected chi connectivity index (χ0v) is 15.7. The first-order chi connectivity index (χ1) is 12.2. The van der Waals surface area contributed by atoms with E-state index in [1.807, 2.05) is 0 Å². The van der Waals surface area contributed by atoms with Crippen LogP contribution in [0.25, 0.3) is 0 Å². The summed E-state index contributed by atoms with van der Waals surface area (Å²) in [5.74, 6) is 1.22. The van der Waals surface area contributed by atoms with Crippen LogP contribution in [0.1, 0.15) is 68.1 Å². The van der Waals surface area contributed by atoms with E-state index < -0.39 is 5.95 Å². The van der Waals surface area contributed by atoms with Crippen LogP contribution in [0.2, 0.25) is 5.15 Å². The van der Waals surface area contributed by atoms with Gasteiger partial charge in [0.2, 0.25) is 5.95 Å². The molecule has 1 aliphatic rings. The zero-order valence-electron chi connectivity index (χ0n) is 15.0. The van der Waals surface area contributed by atoms with Crippen LogP contribution in [-0.4, -0.2) is 4.98 Å². The third-order valence-electron chi connectivity index (χ3n) is 5.57. The molecule has 0 saturated heterocycles. The lowest BCUT2D eigenvalue weighted by Crippen LogP contribution is -2.13. The minimum absolute atomic E-state index is 0.208. The van der Waals surface area contributed by atoms with E-state index in [2.05, 4.69) is 36.2 Å². The number of benzene rings is 1. The van der Waals surface area contributed by atoms with Gasteiger partial charge in [0.1, 0.15) is 5.15 Å². The first-order valence-electron chi connectivity index (χ1n) is 9.55. The number of aryl methyl sites for hydroxylation is 2. The fraction of sp³-hybridized carbons (Fsp3) is 0.500. The number of nitrogens with zero attached hydrogens (tertiary/aromatic N) is 1. The molecular weight excluding hydrogens is 333 g/mol. The SMILES string of the molecule is CCC[C@H]1CC[C@H](c2ccc(CCc3ccc(Cl)nc3F)cc2)CC1. The maximum absolute atomic E-state index is 13.8. The largest absolute Gasteiger partial charge is 0.217 e. The Morgan fingerprint density at radius 2 is 1.72 bits per heavy atom. The number of hydrogen-bond donors (Lipinski definition) is 0. The lowest BCUT2D eigenvalue weighted by atomic mass is 9.77. The summed E-state index contributed by atoms with van der Waals surface area (Å²) in [6.07, 6.45) is 9.58. The van der Waals surface area contributed by atoms with Crippen LogP contribution in [0, 0.1) is 11.9 Å². The van der Waals surface area contributed by atoms with Crippen molar-refractivity contribution in [3.8, 4) is 0 Å². The van der Waals surface area contributed by atoms with Crippen LogP contribution < -0.4 is 0 Å². The number of aromatic nitrogens is 1. The summed E-state index contributed by atoms with van der Waals surface area (Å²) >= 11 is 5.70. The summed E-state index contributed by atoms with van der Waals surface area (Å²) in [7, 11) is 0. The molecular formula is C22H27ClFN. The van der Waals surface area contributed by atoms with E-state index in [1.165, 1.54) is 49.7 Å². The Hall–Kier alpha value is -1.41. The fourth-order valence-corrected chi connectivity index (χ4v) is 4.19. The molecule has 0 N–H and O–H groups in total. The minimum atomic E-state index is -0.451. The lowest BCUT2D eigenvalue weighted by molar-refractivity contribution is 0.308. The van der Waals surface area contributed by atoms with Gasteiger partial charge in [-0.15, -0.1) is 0 Å². The number of rotatable bonds is 6. The standard InChI is InChI=1S/C22H27ClFN/c1-2-3-16-4-9-18(10-5-16)19-11-6-17(7-12-19)8-13-20-14-15-21(23)25-22(20)24/h6-7,11-12,14-16,18H,2-5,8-10,13H2,1H3/t16-,18-. The predicted molar refractivity (Wildman–Crippen MR) is 103 cm³/mol.